The van der Waals surface area contributed by atoms with Gasteiger partial charge in [0.2, 0.25) is 0 Å². The number of aromatic hydroxyl groups is 1. The first-order valence-electron chi connectivity index (χ1n) is 6.57. The molecule has 2 aromatic carbocycles. The minimum Gasteiger partial charge on any atom is -0.508 e. The highest BCUT2D eigenvalue weighted by molar-refractivity contribution is 5.55. The third-order valence-electron chi connectivity index (χ3n) is 3.69. The van der Waals surface area contributed by atoms with Crippen molar-refractivity contribution in [3.05, 3.63) is 63.5 Å². The molecule has 0 aromatic heterocycles. The van der Waals surface area contributed by atoms with E-state index < -0.39 is 10.7 Å². The van der Waals surface area contributed by atoms with Gasteiger partial charge in [0.1, 0.15) is 11.6 Å². The number of hydrogen-bond donors (Lipinski definition) is 2. The van der Waals surface area contributed by atoms with Gasteiger partial charge in [-0.15, -0.1) is 0 Å². The molecule has 0 spiro atoms. The van der Waals surface area contributed by atoms with Crippen molar-refractivity contribution in [1.29, 1.82) is 0 Å². The summed E-state index contributed by atoms with van der Waals surface area (Å²) in [4.78, 5) is 10.2. The lowest BCUT2D eigenvalue weighted by atomic mass is 10.1. The average molecular weight is 288 g/mol. The van der Waals surface area contributed by atoms with Crippen LogP contribution in [-0.2, 0) is 6.42 Å². The molecule has 0 bridgehead atoms. The zero-order valence-electron chi connectivity index (χ0n) is 11.0. The number of fused-ring (bicyclic) bond motifs is 1. The molecule has 0 heterocycles. The van der Waals surface area contributed by atoms with Crippen LogP contribution in [0, 0.1) is 15.9 Å². The molecule has 6 heteroatoms. The second-order valence-electron chi connectivity index (χ2n) is 5.04. The highest BCUT2D eigenvalue weighted by Gasteiger charge is 2.24. The number of nitro groups is 1. The van der Waals surface area contributed by atoms with E-state index in [4.69, 9.17) is 0 Å². The minimum absolute atomic E-state index is 0.114. The number of nitro benzene ring substituents is 1. The number of aryl methyl sites for hydroxylation is 1. The van der Waals surface area contributed by atoms with Crippen molar-refractivity contribution in [2.24, 2.45) is 0 Å². The highest BCUT2D eigenvalue weighted by Crippen LogP contribution is 2.36. The van der Waals surface area contributed by atoms with Crippen molar-refractivity contribution in [2.75, 3.05) is 5.32 Å². The van der Waals surface area contributed by atoms with Gasteiger partial charge in [0, 0.05) is 12.1 Å². The molecule has 3 rings (SSSR count). The maximum Gasteiger partial charge on any atom is 0.271 e. The fraction of sp³-hybridized carbons (Fsp3) is 0.200. The number of phenols is 1. The van der Waals surface area contributed by atoms with E-state index in [0.717, 1.165) is 36.1 Å². The Morgan fingerprint density at radius 3 is 2.86 bits per heavy atom. The normalized spacial score (nSPS) is 16.5. The quantitative estimate of drug-likeness (QED) is 0.669. The first kappa shape index (κ1) is 13.4. The fourth-order valence-corrected chi connectivity index (χ4v) is 2.68. The van der Waals surface area contributed by atoms with Crippen LogP contribution in [0.15, 0.2) is 36.4 Å². The summed E-state index contributed by atoms with van der Waals surface area (Å²) in [5, 5.41) is 23.2. The van der Waals surface area contributed by atoms with Crippen molar-refractivity contribution >= 4 is 11.4 Å². The van der Waals surface area contributed by atoms with Crippen LogP contribution in [0.5, 0.6) is 5.75 Å². The predicted octanol–water partition coefficient (Wildman–Crippen LogP) is 3.54. The Bertz CT molecular complexity index is 718. The molecule has 1 aliphatic carbocycles. The van der Waals surface area contributed by atoms with Crippen LogP contribution < -0.4 is 5.32 Å². The van der Waals surface area contributed by atoms with Crippen LogP contribution in [-0.4, -0.2) is 10.0 Å². The molecule has 0 saturated carbocycles. The lowest BCUT2D eigenvalue weighted by molar-refractivity contribution is -0.384. The zero-order chi connectivity index (χ0) is 15.0. The van der Waals surface area contributed by atoms with Gasteiger partial charge < -0.3 is 10.4 Å². The number of rotatable bonds is 3. The molecule has 1 atom stereocenters. The van der Waals surface area contributed by atoms with Gasteiger partial charge in [-0.05, 0) is 42.2 Å². The standard InChI is InChI=1S/C15H13FN2O3/c16-13-5-2-10(18(20)21)8-15(13)17-14-6-1-9-7-11(19)3-4-12(9)14/h2-5,7-8,14,17,19H,1,6H2. The molecule has 0 radical (unpaired) electrons. The molecular weight excluding hydrogens is 275 g/mol. The summed E-state index contributed by atoms with van der Waals surface area (Å²) in [6.07, 6.45) is 1.53. The number of anilines is 1. The van der Waals surface area contributed by atoms with Crippen LogP contribution in [0.2, 0.25) is 0 Å². The second kappa shape index (κ2) is 5.05. The first-order valence-corrected chi connectivity index (χ1v) is 6.57. The third kappa shape index (κ3) is 2.52. The number of halogens is 1. The Morgan fingerprint density at radius 2 is 2.10 bits per heavy atom. The Hall–Kier alpha value is -2.63. The number of benzene rings is 2. The van der Waals surface area contributed by atoms with Gasteiger partial charge in [0.15, 0.2) is 0 Å². The molecule has 2 N–H and O–H groups in total. The van der Waals surface area contributed by atoms with Crippen molar-refractivity contribution in [1.82, 2.24) is 0 Å². The third-order valence-corrected chi connectivity index (χ3v) is 3.69. The van der Waals surface area contributed by atoms with Gasteiger partial charge in [0.05, 0.1) is 16.7 Å². The van der Waals surface area contributed by atoms with E-state index in [0.29, 0.717) is 0 Å². The van der Waals surface area contributed by atoms with Crippen LogP contribution in [0.25, 0.3) is 0 Å². The molecule has 21 heavy (non-hydrogen) atoms. The topological polar surface area (TPSA) is 75.4 Å². The van der Waals surface area contributed by atoms with Gasteiger partial charge in [-0.3, -0.25) is 10.1 Å². The lowest BCUT2D eigenvalue weighted by Gasteiger charge is -2.16. The van der Waals surface area contributed by atoms with E-state index in [1.165, 1.54) is 6.07 Å². The van der Waals surface area contributed by atoms with Crippen LogP contribution in [0.4, 0.5) is 15.8 Å². The highest BCUT2D eigenvalue weighted by atomic mass is 19.1. The van der Waals surface area contributed by atoms with Gasteiger partial charge >= 0.3 is 0 Å². The molecule has 0 amide bonds. The lowest BCUT2D eigenvalue weighted by Crippen LogP contribution is -2.08. The maximum absolute atomic E-state index is 13.8. The van der Waals surface area contributed by atoms with E-state index in [2.05, 4.69) is 5.32 Å². The monoisotopic (exact) mass is 288 g/mol. The molecule has 1 unspecified atom stereocenters. The summed E-state index contributed by atoms with van der Waals surface area (Å²) >= 11 is 0. The Labute approximate surface area is 120 Å². The first-order chi connectivity index (χ1) is 10.0. The number of nitrogens with one attached hydrogen (secondary N) is 1. The maximum atomic E-state index is 13.8. The summed E-state index contributed by atoms with van der Waals surface area (Å²) < 4.78 is 13.8. The molecule has 1 aliphatic rings. The second-order valence-corrected chi connectivity index (χ2v) is 5.04. The summed E-state index contributed by atoms with van der Waals surface area (Å²) in [5.74, 6) is -0.316. The largest absolute Gasteiger partial charge is 0.508 e. The fourth-order valence-electron chi connectivity index (χ4n) is 2.68. The summed E-state index contributed by atoms with van der Waals surface area (Å²) in [6, 6.07) is 8.40. The average Bonchev–Trinajstić information content (AvgIpc) is 2.83. The summed E-state index contributed by atoms with van der Waals surface area (Å²) in [6.45, 7) is 0. The molecule has 5 nitrogen and oxygen atoms in total. The van der Waals surface area contributed by atoms with Crippen molar-refractivity contribution in [3.8, 4) is 5.75 Å². The van der Waals surface area contributed by atoms with E-state index in [9.17, 15) is 19.6 Å². The number of nitrogens with zero attached hydrogens (tertiary/aromatic N) is 1. The van der Waals surface area contributed by atoms with E-state index in [1.807, 2.05) is 0 Å². The van der Waals surface area contributed by atoms with E-state index >= 15 is 0 Å². The van der Waals surface area contributed by atoms with Crippen LogP contribution >= 0.6 is 0 Å². The molecule has 0 saturated heterocycles. The van der Waals surface area contributed by atoms with Crippen LogP contribution in [0.3, 0.4) is 0 Å². The predicted molar refractivity (Wildman–Crippen MR) is 75.8 cm³/mol. The SMILES string of the molecule is O=[N+]([O-])c1ccc(F)c(NC2CCc3cc(O)ccc32)c1. The molecule has 0 aliphatic heterocycles. The minimum atomic E-state index is -0.550. The Kier molecular flexibility index (Phi) is 3.21. The van der Waals surface area contributed by atoms with E-state index in [1.54, 1.807) is 18.2 Å². The van der Waals surface area contributed by atoms with Crippen molar-refractivity contribution in [2.45, 2.75) is 18.9 Å². The van der Waals surface area contributed by atoms with E-state index in [-0.39, 0.29) is 23.2 Å². The van der Waals surface area contributed by atoms with Gasteiger partial charge in [-0.25, -0.2) is 4.39 Å². The molecule has 108 valence electrons. The number of hydrogen-bond acceptors (Lipinski definition) is 4. The number of phenolic OH excluding ortho intramolecular Hbond substituents is 1. The summed E-state index contributed by atoms with van der Waals surface area (Å²) in [7, 11) is 0. The molecule has 0 fully saturated rings. The van der Waals surface area contributed by atoms with Gasteiger partial charge in [-0.1, -0.05) is 6.07 Å². The summed E-state index contributed by atoms with van der Waals surface area (Å²) in [5.41, 5.74) is 1.97. The molecule has 2 aromatic rings. The Balaban J connectivity index is 1.89. The zero-order valence-corrected chi connectivity index (χ0v) is 11.0. The van der Waals surface area contributed by atoms with Gasteiger partial charge in [-0.2, -0.15) is 0 Å². The number of non-ortho nitro benzene ring substituents is 1. The smallest absolute Gasteiger partial charge is 0.271 e. The van der Waals surface area contributed by atoms with Gasteiger partial charge in [0.25, 0.3) is 5.69 Å². The van der Waals surface area contributed by atoms with Crippen molar-refractivity contribution in [3.63, 3.8) is 0 Å². The Morgan fingerprint density at radius 1 is 1.29 bits per heavy atom. The van der Waals surface area contributed by atoms with Crippen LogP contribution in [0.1, 0.15) is 23.6 Å². The van der Waals surface area contributed by atoms with Crippen molar-refractivity contribution < 1.29 is 14.4 Å². The molecular formula is C15H13FN2O3.